The van der Waals surface area contributed by atoms with Crippen molar-refractivity contribution < 1.29 is 28.7 Å². The first kappa shape index (κ1) is 21.7. The van der Waals surface area contributed by atoms with Crippen molar-refractivity contribution in [2.75, 3.05) is 46.0 Å². The highest BCUT2D eigenvalue weighted by Gasteiger charge is 2.33. The quantitative estimate of drug-likeness (QED) is 0.733. The number of amides is 2. The zero-order chi connectivity index (χ0) is 21.6. The molecular formula is C23H34N3O5+. The van der Waals surface area contributed by atoms with Gasteiger partial charge in [-0.1, -0.05) is 0 Å². The molecule has 0 radical (unpaired) electrons. The standard InChI is InChI=1S/C23H33N3O5/c1-2-29-23(28)25-11-8-18(9-12-25)24-22(27)16-26-10-3-5-19(26)17-6-7-20-21(15-17)31-14-4-13-30-20/h6-7,15,18-19H,2-5,8-14,16H2,1H3,(H,24,27)/p+1/t19-/m0/s1. The summed E-state index contributed by atoms with van der Waals surface area (Å²) in [7, 11) is 0. The first-order valence-corrected chi connectivity index (χ1v) is 11.6. The fourth-order valence-electron chi connectivity index (χ4n) is 4.83. The molecular weight excluding hydrogens is 398 g/mol. The van der Waals surface area contributed by atoms with Gasteiger partial charge in [0.05, 0.1) is 26.4 Å². The number of fused-ring (bicyclic) bond motifs is 1. The van der Waals surface area contributed by atoms with E-state index in [9.17, 15) is 9.59 Å². The largest absolute Gasteiger partial charge is 0.490 e. The summed E-state index contributed by atoms with van der Waals surface area (Å²) >= 11 is 0. The molecule has 31 heavy (non-hydrogen) atoms. The average Bonchev–Trinajstić information content (AvgIpc) is 3.09. The molecule has 8 nitrogen and oxygen atoms in total. The van der Waals surface area contributed by atoms with E-state index in [1.54, 1.807) is 4.90 Å². The van der Waals surface area contributed by atoms with Crippen molar-refractivity contribution in [2.24, 2.45) is 0 Å². The Morgan fingerprint density at radius 1 is 1.13 bits per heavy atom. The van der Waals surface area contributed by atoms with E-state index >= 15 is 0 Å². The van der Waals surface area contributed by atoms with Crippen molar-refractivity contribution in [3.63, 3.8) is 0 Å². The van der Waals surface area contributed by atoms with Crippen molar-refractivity contribution in [1.82, 2.24) is 10.2 Å². The maximum atomic E-state index is 12.8. The van der Waals surface area contributed by atoms with Crippen molar-refractivity contribution in [2.45, 2.75) is 51.1 Å². The second-order valence-electron chi connectivity index (χ2n) is 8.56. The van der Waals surface area contributed by atoms with E-state index < -0.39 is 0 Å². The molecule has 0 saturated carbocycles. The van der Waals surface area contributed by atoms with E-state index in [-0.39, 0.29) is 18.0 Å². The van der Waals surface area contributed by atoms with Crippen LogP contribution in [0.3, 0.4) is 0 Å². The summed E-state index contributed by atoms with van der Waals surface area (Å²) in [6.07, 6.45) is 4.35. The van der Waals surface area contributed by atoms with Gasteiger partial charge in [0.25, 0.3) is 5.91 Å². The Kier molecular flexibility index (Phi) is 7.17. The van der Waals surface area contributed by atoms with Crippen LogP contribution in [0.2, 0.25) is 0 Å². The summed E-state index contributed by atoms with van der Waals surface area (Å²) < 4.78 is 16.7. The Hall–Kier alpha value is -2.48. The number of nitrogens with zero attached hydrogens (tertiary/aromatic N) is 1. The number of nitrogens with one attached hydrogen (secondary N) is 2. The van der Waals surface area contributed by atoms with Crippen LogP contribution in [-0.2, 0) is 9.53 Å². The highest BCUT2D eigenvalue weighted by molar-refractivity contribution is 5.77. The molecule has 1 aromatic carbocycles. The third kappa shape index (κ3) is 5.42. The number of hydrogen-bond donors (Lipinski definition) is 2. The maximum Gasteiger partial charge on any atom is 0.409 e. The minimum atomic E-state index is -0.258. The van der Waals surface area contributed by atoms with Crippen molar-refractivity contribution in [1.29, 1.82) is 0 Å². The lowest BCUT2D eigenvalue weighted by atomic mass is 10.0. The number of likely N-dealkylation sites (tertiary alicyclic amines) is 2. The van der Waals surface area contributed by atoms with Crippen LogP contribution in [0.1, 0.15) is 50.6 Å². The fraction of sp³-hybridized carbons (Fsp3) is 0.652. The van der Waals surface area contributed by atoms with E-state index in [2.05, 4.69) is 17.4 Å². The molecule has 0 bridgehead atoms. The number of rotatable bonds is 5. The molecule has 2 atom stereocenters. The van der Waals surface area contributed by atoms with E-state index in [1.165, 1.54) is 10.5 Å². The van der Waals surface area contributed by atoms with Crippen LogP contribution in [0.25, 0.3) is 0 Å². The molecule has 3 heterocycles. The summed E-state index contributed by atoms with van der Waals surface area (Å²) in [5.41, 5.74) is 1.22. The zero-order valence-electron chi connectivity index (χ0n) is 18.4. The van der Waals surface area contributed by atoms with Crippen LogP contribution < -0.4 is 19.7 Å². The van der Waals surface area contributed by atoms with Gasteiger partial charge in [-0.2, -0.15) is 0 Å². The van der Waals surface area contributed by atoms with Gasteiger partial charge in [0.1, 0.15) is 6.04 Å². The lowest BCUT2D eigenvalue weighted by Crippen LogP contribution is -3.11. The number of hydrogen-bond acceptors (Lipinski definition) is 5. The van der Waals surface area contributed by atoms with Gasteiger partial charge in [0.15, 0.2) is 18.0 Å². The highest BCUT2D eigenvalue weighted by Crippen LogP contribution is 2.33. The van der Waals surface area contributed by atoms with Gasteiger partial charge in [0, 0.05) is 44.0 Å². The van der Waals surface area contributed by atoms with Gasteiger partial charge in [-0.25, -0.2) is 4.79 Å². The smallest absolute Gasteiger partial charge is 0.409 e. The van der Waals surface area contributed by atoms with Crippen molar-refractivity contribution in [3.8, 4) is 11.5 Å². The number of ether oxygens (including phenoxy) is 3. The highest BCUT2D eigenvalue weighted by atomic mass is 16.6. The van der Waals surface area contributed by atoms with Crippen molar-refractivity contribution >= 4 is 12.0 Å². The van der Waals surface area contributed by atoms with Gasteiger partial charge in [-0.05, 0) is 38.0 Å². The Balaban J connectivity index is 1.29. The first-order valence-electron chi connectivity index (χ1n) is 11.6. The normalized spacial score (nSPS) is 23.8. The lowest BCUT2D eigenvalue weighted by Gasteiger charge is -2.32. The van der Waals surface area contributed by atoms with E-state index in [4.69, 9.17) is 14.2 Å². The Labute approximate surface area is 183 Å². The second-order valence-corrected chi connectivity index (χ2v) is 8.56. The van der Waals surface area contributed by atoms with Gasteiger partial charge in [-0.3, -0.25) is 4.79 Å². The number of carbonyl (C=O) groups excluding carboxylic acids is 2. The lowest BCUT2D eigenvalue weighted by molar-refractivity contribution is -0.910. The third-order valence-electron chi connectivity index (χ3n) is 6.43. The van der Waals surface area contributed by atoms with Crippen LogP contribution >= 0.6 is 0 Å². The number of piperidine rings is 1. The molecule has 2 amide bonds. The third-order valence-corrected chi connectivity index (χ3v) is 6.43. The molecule has 0 aromatic heterocycles. The second kappa shape index (κ2) is 10.2. The summed E-state index contributed by atoms with van der Waals surface area (Å²) in [4.78, 5) is 27.6. The Morgan fingerprint density at radius 3 is 2.68 bits per heavy atom. The van der Waals surface area contributed by atoms with Crippen LogP contribution in [0.5, 0.6) is 11.5 Å². The summed E-state index contributed by atoms with van der Waals surface area (Å²) in [6, 6.07) is 6.64. The van der Waals surface area contributed by atoms with Gasteiger partial charge in [-0.15, -0.1) is 0 Å². The van der Waals surface area contributed by atoms with Crippen LogP contribution in [0, 0.1) is 0 Å². The first-order chi connectivity index (χ1) is 15.1. The molecule has 0 aliphatic carbocycles. The predicted octanol–water partition coefficient (Wildman–Crippen LogP) is 1.30. The van der Waals surface area contributed by atoms with Gasteiger partial charge >= 0.3 is 6.09 Å². The van der Waals surface area contributed by atoms with Crippen molar-refractivity contribution in [3.05, 3.63) is 23.8 Å². The Morgan fingerprint density at radius 2 is 1.90 bits per heavy atom. The predicted molar refractivity (Wildman–Crippen MR) is 114 cm³/mol. The molecule has 0 spiro atoms. The maximum absolute atomic E-state index is 12.8. The number of benzene rings is 1. The number of carbonyl (C=O) groups is 2. The minimum absolute atomic E-state index is 0.0887. The van der Waals surface area contributed by atoms with Gasteiger partial charge in [0.2, 0.25) is 0 Å². The molecule has 3 aliphatic rings. The SMILES string of the molecule is CCOC(=O)N1CCC(NC(=O)C[NH+]2CCC[C@H]2c2ccc3c(c2)OCCCO3)CC1. The van der Waals surface area contributed by atoms with Crippen LogP contribution in [0.4, 0.5) is 4.79 Å². The molecule has 2 fully saturated rings. The fourth-order valence-corrected chi connectivity index (χ4v) is 4.83. The topological polar surface area (TPSA) is 81.5 Å². The Bertz CT molecular complexity index is 778. The molecule has 8 heteroatoms. The van der Waals surface area contributed by atoms with Gasteiger partial charge < -0.3 is 29.3 Å². The summed E-state index contributed by atoms with van der Waals surface area (Å²) in [5, 5.41) is 3.18. The summed E-state index contributed by atoms with van der Waals surface area (Å²) in [5.74, 6) is 1.72. The zero-order valence-corrected chi connectivity index (χ0v) is 18.4. The minimum Gasteiger partial charge on any atom is -0.490 e. The molecule has 170 valence electrons. The molecule has 1 unspecified atom stereocenters. The van der Waals surface area contributed by atoms with E-state index in [0.29, 0.717) is 45.5 Å². The molecule has 4 rings (SSSR count). The molecule has 2 saturated heterocycles. The van der Waals surface area contributed by atoms with E-state index in [0.717, 1.165) is 50.1 Å². The average molecular weight is 433 g/mol. The van der Waals surface area contributed by atoms with Crippen LogP contribution in [0.15, 0.2) is 18.2 Å². The molecule has 2 N–H and O–H groups in total. The number of quaternary nitrogens is 1. The van der Waals surface area contributed by atoms with Crippen LogP contribution in [-0.4, -0.2) is 68.9 Å². The molecule has 1 aromatic rings. The monoisotopic (exact) mass is 432 g/mol. The molecule has 3 aliphatic heterocycles. The summed E-state index contributed by atoms with van der Waals surface area (Å²) in [6.45, 7) is 6.27. The van der Waals surface area contributed by atoms with E-state index in [1.807, 2.05) is 13.0 Å².